The molecule has 1 aliphatic carbocycles. The molecule has 2 aliphatic rings. The second kappa shape index (κ2) is 6.93. The largest absolute Gasteiger partial charge is 0.487 e. The first-order valence-electron chi connectivity index (χ1n) is 9.08. The van der Waals surface area contributed by atoms with Crippen LogP contribution in [0.4, 0.5) is 0 Å². The van der Waals surface area contributed by atoms with Gasteiger partial charge in [-0.15, -0.1) is 5.10 Å². The third kappa shape index (κ3) is 3.61. The first kappa shape index (κ1) is 15.6. The summed E-state index contributed by atoms with van der Waals surface area (Å²) in [7, 11) is 2.20. The van der Waals surface area contributed by atoms with E-state index < -0.39 is 0 Å². The monoisotopic (exact) mass is 326 g/mol. The number of benzene rings is 1. The minimum absolute atomic E-state index is 0.489. The predicted octanol–water partition coefficient (Wildman–Crippen LogP) is 2.69. The normalized spacial score (nSPS) is 21.0. The van der Waals surface area contributed by atoms with Gasteiger partial charge in [-0.05, 0) is 74.9 Å². The van der Waals surface area contributed by atoms with Crippen LogP contribution in [0.3, 0.4) is 0 Å². The highest BCUT2D eigenvalue weighted by Crippen LogP contribution is 2.26. The Hall–Kier alpha value is -1.88. The van der Waals surface area contributed by atoms with E-state index in [2.05, 4.69) is 40.5 Å². The Labute approximate surface area is 143 Å². The van der Waals surface area contributed by atoms with Crippen molar-refractivity contribution < 1.29 is 4.74 Å². The zero-order chi connectivity index (χ0) is 16.4. The lowest BCUT2D eigenvalue weighted by molar-refractivity contribution is 0.190. The van der Waals surface area contributed by atoms with Crippen molar-refractivity contribution in [2.45, 2.75) is 45.3 Å². The summed E-state index contributed by atoms with van der Waals surface area (Å²) in [6.07, 6.45) is 8.25. The van der Waals surface area contributed by atoms with Crippen LogP contribution < -0.4 is 4.74 Å². The van der Waals surface area contributed by atoms with Crippen molar-refractivity contribution >= 4 is 0 Å². The van der Waals surface area contributed by atoms with Gasteiger partial charge in [-0.25, -0.2) is 0 Å². The lowest BCUT2D eigenvalue weighted by Crippen LogP contribution is -2.34. The number of hydrogen-bond acceptors (Lipinski definition) is 4. The van der Waals surface area contributed by atoms with Crippen LogP contribution in [0.15, 0.2) is 24.4 Å². The van der Waals surface area contributed by atoms with Gasteiger partial charge in [0.2, 0.25) is 0 Å². The Bertz CT molecular complexity index is 696. The van der Waals surface area contributed by atoms with Crippen molar-refractivity contribution in [1.29, 1.82) is 0 Å². The molecule has 5 heteroatoms. The first-order valence-corrected chi connectivity index (χ1v) is 9.08. The van der Waals surface area contributed by atoms with Crippen LogP contribution in [0.2, 0.25) is 0 Å². The molecule has 0 N–H and O–H groups in total. The molecule has 0 bridgehead atoms. The van der Waals surface area contributed by atoms with Crippen LogP contribution >= 0.6 is 0 Å². The maximum atomic E-state index is 5.91. The summed E-state index contributed by atoms with van der Waals surface area (Å²) in [5, 5.41) is 8.54. The van der Waals surface area contributed by atoms with Gasteiger partial charge in [-0.3, -0.25) is 4.68 Å². The van der Waals surface area contributed by atoms with E-state index in [0.717, 1.165) is 24.5 Å². The van der Waals surface area contributed by atoms with Gasteiger partial charge in [-0.1, -0.05) is 11.3 Å². The van der Waals surface area contributed by atoms with E-state index in [1.54, 1.807) is 0 Å². The molecule has 0 amide bonds. The highest BCUT2D eigenvalue weighted by atomic mass is 16.5. The number of aryl methyl sites for hydroxylation is 2. The van der Waals surface area contributed by atoms with Crippen LogP contribution in [0.1, 0.15) is 36.1 Å². The third-order valence-electron chi connectivity index (χ3n) is 5.21. The van der Waals surface area contributed by atoms with Crippen LogP contribution in [-0.2, 0) is 26.0 Å². The zero-order valence-electron chi connectivity index (χ0n) is 14.4. The Morgan fingerprint density at radius 2 is 2.12 bits per heavy atom. The predicted molar refractivity (Wildman–Crippen MR) is 93.0 cm³/mol. The number of rotatable bonds is 5. The fraction of sp³-hybridized carbons (Fsp3) is 0.579. The lowest BCUT2D eigenvalue weighted by Gasteiger charge is -2.29. The van der Waals surface area contributed by atoms with Gasteiger partial charge in [0.05, 0.1) is 6.20 Å². The van der Waals surface area contributed by atoms with Gasteiger partial charge in [0.15, 0.2) is 0 Å². The zero-order valence-corrected chi connectivity index (χ0v) is 14.4. The maximum absolute atomic E-state index is 5.91. The molecule has 5 nitrogen and oxygen atoms in total. The average Bonchev–Trinajstić information content (AvgIpc) is 3.21. The van der Waals surface area contributed by atoms with Gasteiger partial charge in [0.1, 0.15) is 18.1 Å². The Balaban J connectivity index is 1.32. The number of nitrogens with zero attached hydrogens (tertiary/aromatic N) is 4. The van der Waals surface area contributed by atoms with Crippen LogP contribution in [0.25, 0.3) is 0 Å². The molecular weight excluding hydrogens is 300 g/mol. The molecule has 1 saturated heterocycles. The smallest absolute Gasteiger partial charge is 0.134 e. The second-order valence-electron chi connectivity index (χ2n) is 7.28. The minimum Gasteiger partial charge on any atom is -0.487 e. The van der Waals surface area contributed by atoms with Crippen molar-refractivity contribution in [1.82, 2.24) is 19.9 Å². The molecule has 2 aromatic rings. The maximum Gasteiger partial charge on any atom is 0.134 e. The molecule has 1 aromatic carbocycles. The lowest BCUT2D eigenvalue weighted by atomic mass is 9.99. The van der Waals surface area contributed by atoms with Gasteiger partial charge in [0.25, 0.3) is 0 Å². The standard InChI is InChI=1S/C19H26N4O/c1-22-9-3-4-15(11-22)12-23-13-18(20-21-23)14-24-19-8-7-16-5-2-6-17(16)10-19/h7-8,10,13,15H,2-6,9,11-12,14H2,1H3. The fourth-order valence-corrected chi connectivity index (χ4v) is 3.98. The fourth-order valence-electron chi connectivity index (χ4n) is 3.98. The van der Waals surface area contributed by atoms with E-state index in [1.807, 2.05) is 10.9 Å². The number of likely N-dealkylation sites (tertiary alicyclic amines) is 1. The molecule has 1 atom stereocenters. The van der Waals surface area contributed by atoms with Crippen molar-refractivity contribution in [2.24, 2.45) is 5.92 Å². The summed E-state index contributed by atoms with van der Waals surface area (Å²) in [4.78, 5) is 2.41. The van der Waals surface area contributed by atoms with Crippen LogP contribution in [-0.4, -0.2) is 40.0 Å². The average molecular weight is 326 g/mol. The Kier molecular flexibility index (Phi) is 4.52. The van der Waals surface area contributed by atoms with Crippen LogP contribution in [0.5, 0.6) is 5.75 Å². The van der Waals surface area contributed by atoms with Gasteiger partial charge < -0.3 is 9.64 Å². The molecule has 0 spiro atoms. The second-order valence-corrected chi connectivity index (χ2v) is 7.28. The number of piperidine rings is 1. The quantitative estimate of drug-likeness (QED) is 0.847. The Morgan fingerprint density at radius 1 is 1.21 bits per heavy atom. The molecule has 4 rings (SSSR count). The van der Waals surface area contributed by atoms with E-state index in [4.69, 9.17) is 4.74 Å². The number of ether oxygens (including phenoxy) is 1. The summed E-state index contributed by atoms with van der Waals surface area (Å²) in [6, 6.07) is 6.46. The van der Waals surface area contributed by atoms with E-state index in [9.17, 15) is 0 Å². The Morgan fingerprint density at radius 3 is 3.04 bits per heavy atom. The molecule has 1 aromatic heterocycles. The highest BCUT2D eigenvalue weighted by molar-refractivity contribution is 5.38. The molecule has 0 saturated carbocycles. The van der Waals surface area contributed by atoms with E-state index in [0.29, 0.717) is 12.5 Å². The van der Waals surface area contributed by atoms with E-state index >= 15 is 0 Å². The number of hydrogen-bond donors (Lipinski definition) is 0. The summed E-state index contributed by atoms with van der Waals surface area (Å²) in [5.41, 5.74) is 3.82. The molecule has 0 radical (unpaired) electrons. The number of fused-ring (bicyclic) bond motifs is 1. The molecular formula is C19H26N4O. The highest BCUT2D eigenvalue weighted by Gasteiger charge is 2.18. The van der Waals surface area contributed by atoms with Crippen molar-refractivity contribution in [2.75, 3.05) is 20.1 Å². The van der Waals surface area contributed by atoms with E-state index in [1.165, 1.54) is 49.8 Å². The van der Waals surface area contributed by atoms with Gasteiger partial charge in [0, 0.05) is 13.1 Å². The number of aromatic nitrogens is 3. The molecule has 1 unspecified atom stereocenters. The SMILES string of the molecule is CN1CCCC(Cn2cc(COc3ccc4c(c3)CCC4)nn2)C1. The van der Waals surface area contributed by atoms with Crippen molar-refractivity contribution in [3.8, 4) is 5.75 Å². The van der Waals surface area contributed by atoms with Gasteiger partial charge in [-0.2, -0.15) is 0 Å². The summed E-state index contributed by atoms with van der Waals surface area (Å²) in [5.74, 6) is 1.62. The first-order chi connectivity index (χ1) is 11.8. The molecule has 24 heavy (non-hydrogen) atoms. The molecule has 1 aliphatic heterocycles. The van der Waals surface area contributed by atoms with Crippen molar-refractivity contribution in [3.63, 3.8) is 0 Å². The van der Waals surface area contributed by atoms with Crippen molar-refractivity contribution in [3.05, 3.63) is 41.2 Å². The summed E-state index contributed by atoms with van der Waals surface area (Å²) < 4.78 is 7.89. The summed E-state index contributed by atoms with van der Waals surface area (Å²) in [6.45, 7) is 3.81. The minimum atomic E-state index is 0.489. The summed E-state index contributed by atoms with van der Waals surface area (Å²) >= 11 is 0. The van der Waals surface area contributed by atoms with E-state index in [-0.39, 0.29) is 0 Å². The third-order valence-corrected chi connectivity index (χ3v) is 5.21. The molecule has 2 heterocycles. The topological polar surface area (TPSA) is 43.2 Å². The van der Waals surface area contributed by atoms with Gasteiger partial charge >= 0.3 is 0 Å². The van der Waals surface area contributed by atoms with Crippen LogP contribution in [0, 0.1) is 5.92 Å². The molecule has 1 fully saturated rings. The molecule has 128 valence electrons.